The maximum absolute atomic E-state index is 12.0. The predicted molar refractivity (Wildman–Crippen MR) is 127 cm³/mol. The molecule has 2 aliphatic rings. The highest BCUT2D eigenvalue weighted by molar-refractivity contribution is 5.96. The van der Waals surface area contributed by atoms with Gasteiger partial charge in [-0.15, -0.1) is 0 Å². The van der Waals surface area contributed by atoms with E-state index in [4.69, 9.17) is 10.2 Å². The van der Waals surface area contributed by atoms with Crippen LogP contribution in [0.15, 0.2) is 41.2 Å². The summed E-state index contributed by atoms with van der Waals surface area (Å²) in [6, 6.07) is 7.02. The van der Waals surface area contributed by atoms with Crippen LogP contribution in [-0.2, 0) is 7.05 Å². The second kappa shape index (κ2) is 8.12. The topological polar surface area (TPSA) is 128 Å². The zero-order valence-electron chi connectivity index (χ0n) is 18.9. The Morgan fingerprint density at radius 1 is 1.15 bits per heavy atom. The first-order valence-electron chi connectivity index (χ1n) is 11.6. The molecule has 0 unspecified atom stereocenters. The maximum atomic E-state index is 12.0. The highest BCUT2D eigenvalue weighted by Gasteiger charge is 2.33. The van der Waals surface area contributed by atoms with Crippen molar-refractivity contribution < 1.29 is 9.21 Å². The molecule has 4 heterocycles. The van der Waals surface area contributed by atoms with Gasteiger partial charge in [0.25, 0.3) is 11.9 Å². The molecule has 0 radical (unpaired) electrons. The molecule has 6 rings (SSSR count). The van der Waals surface area contributed by atoms with E-state index in [1.54, 1.807) is 23.3 Å². The van der Waals surface area contributed by atoms with E-state index >= 15 is 0 Å². The summed E-state index contributed by atoms with van der Waals surface area (Å²) < 4.78 is 7.74. The van der Waals surface area contributed by atoms with Crippen LogP contribution in [0.2, 0.25) is 0 Å². The van der Waals surface area contributed by atoms with E-state index in [0.717, 1.165) is 16.8 Å². The largest absolute Gasteiger partial charge is 0.423 e. The lowest BCUT2D eigenvalue weighted by Gasteiger charge is -2.37. The molecule has 1 saturated carbocycles. The number of nitrogens with two attached hydrogens (primary N) is 1. The molecule has 3 N–H and O–H groups in total. The van der Waals surface area contributed by atoms with E-state index < -0.39 is 5.91 Å². The zero-order chi connectivity index (χ0) is 23.2. The summed E-state index contributed by atoms with van der Waals surface area (Å²) in [7, 11) is 1.81. The van der Waals surface area contributed by atoms with Gasteiger partial charge in [0.05, 0.1) is 23.8 Å². The lowest BCUT2D eigenvalue weighted by molar-refractivity contribution is 0.0995. The summed E-state index contributed by atoms with van der Waals surface area (Å²) in [4.78, 5) is 27.7. The lowest BCUT2D eigenvalue weighted by Crippen LogP contribution is -2.45. The molecular weight excluding hydrogens is 432 g/mol. The molecule has 3 aromatic heterocycles. The van der Waals surface area contributed by atoms with Crippen LogP contribution in [0.3, 0.4) is 0 Å². The van der Waals surface area contributed by atoms with Crippen LogP contribution < -0.4 is 16.0 Å². The Hall–Kier alpha value is -3.95. The van der Waals surface area contributed by atoms with Crippen molar-refractivity contribution in [2.45, 2.75) is 37.5 Å². The van der Waals surface area contributed by atoms with Crippen molar-refractivity contribution in [1.29, 1.82) is 0 Å². The minimum atomic E-state index is -0.631. The number of hydrogen-bond acceptors (Lipinski definition) is 8. The Kier molecular flexibility index (Phi) is 4.93. The van der Waals surface area contributed by atoms with Gasteiger partial charge in [0.15, 0.2) is 17.1 Å². The molecule has 1 aliphatic carbocycles. The Labute approximate surface area is 196 Å². The number of hydrogen-bond donors (Lipinski definition) is 2. The molecule has 1 aliphatic heterocycles. The summed E-state index contributed by atoms with van der Waals surface area (Å²) >= 11 is 0. The fourth-order valence-electron chi connectivity index (χ4n) is 4.88. The van der Waals surface area contributed by atoms with Crippen LogP contribution in [0, 0.1) is 0 Å². The SMILES string of the molecule is Cn1cc(Nc2ncc(C3CN(c4nc5ccc(C6CCCC6)cc5o4)C3)nc2C(N)=O)cn1. The third-order valence-electron chi connectivity index (χ3n) is 6.79. The minimum Gasteiger partial charge on any atom is -0.423 e. The third-order valence-corrected chi connectivity index (χ3v) is 6.79. The molecule has 0 atom stereocenters. The Morgan fingerprint density at radius 2 is 1.97 bits per heavy atom. The standard InChI is InChI=1S/C24H26N8O2/c1-31-13-17(9-27-31)28-23-21(22(25)33)29-19(10-26-23)16-11-32(12-16)24-30-18-7-6-15(8-20(18)34-24)14-4-2-3-5-14/h6-10,13-14,16H,2-5,11-12H2,1H3,(H2,25,33)(H,26,28). The molecule has 10 heteroatoms. The molecule has 1 amide bonds. The Bertz CT molecular complexity index is 1360. The highest BCUT2D eigenvalue weighted by atomic mass is 16.4. The fraction of sp³-hybridized carbons (Fsp3) is 0.375. The molecule has 1 aromatic carbocycles. The fourth-order valence-corrected chi connectivity index (χ4v) is 4.88. The lowest BCUT2D eigenvalue weighted by atomic mass is 9.97. The number of amides is 1. The number of carbonyl (C=O) groups is 1. The van der Waals surface area contributed by atoms with Crippen molar-refractivity contribution in [1.82, 2.24) is 24.7 Å². The van der Waals surface area contributed by atoms with Gasteiger partial charge >= 0.3 is 0 Å². The van der Waals surface area contributed by atoms with Crippen LogP contribution in [0.4, 0.5) is 17.5 Å². The van der Waals surface area contributed by atoms with Crippen molar-refractivity contribution in [3.05, 3.63) is 53.7 Å². The van der Waals surface area contributed by atoms with E-state index in [-0.39, 0.29) is 11.6 Å². The molecular formula is C24H26N8O2. The zero-order valence-corrected chi connectivity index (χ0v) is 18.9. The van der Waals surface area contributed by atoms with Gasteiger partial charge in [-0.2, -0.15) is 10.1 Å². The molecule has 1 saturated heterocycles. The quantitative estimate of drug-likeness (QED) is 0.450. The van der Waals surface area contributed by atoms with Crippen molar-refractivity contribution in [3.8, 4) is 0 Å². The van der Waals surface area contributed by atoms with E-state index in [9.17, 15) is 4.79 Å². The van der Waals surface area contributed by atoms with E-state index in [1.807, 2.05) is 7.05 Å². The molecule has 0 spiro atoms. The van der Waals surface area contributed by atoms with E-state index in [2.05, 4.69) is 48.5 Å². The van der Waals surface area contributed by atoms with Crippen molar-refractivity contribution in [3.63, 3.8) is 0 Å². The first-order chi connectivity index (χ1) is 16.5. The normalized spacial score (nSPS) is 16.8. The van der Waals surface area contributed by atoms with Gasteiger partial charge < -0.3 is 20.4 Å². The number of nitrogens with zero attached hydrogens (tertiary/aromatic N) is 6. The van der Waals surface area contributed by atoms with Crippen molar-refractivity contribution >= 4 is 34.5 Å². The van der Waals surface area contributed by atoms with Gasteiger partial charge in [-0.25, -0.2) is 9.97 Å². The first-order valence-corrected chi connectivity index (χ1v) is 11.6. The number of anilines is 3. The van der Waals surface area contributed by atoms with Crippen LogP contribution in [0.25, 0.3) is 11.1 Å². The molecule has 2 fully saturated rings. The van der Waals surface area contributed by atoms with E-state index in [0.29, 0.717) is 36.5 Å². The number of carbonyl (C=O) groups excluding carboxylic acids is 1. The number of rotatable bonds is 6. The second-order valence-electron chi connectivity index (χ2n) is 9.19. The van der Waals surface area contributed by atoms with Crippen molar-refractivity contribution in [2.75, 3.05) is 23.3 Å². The molecule has 0 bridgehead atoms. The monoisotopic (exact) mass is 458 g/mol. The smallest absolute Gasteiger partial charge is 0.298 e. The van der Waals surface area contributed by atoms with Gasteiger partial charge in [0.1, 0.15) is 5.52 Å². The second-order valence-corrected chi connectivity index (χ2v) is 9.19. The van der Waals surface area contributed by atoms with E-state index in [1.165, 1.54) is 31.2 Å². The first kappa shape index (κ1) is 20.6. The van der Waals surface area contributed by atoms with Gasteiger partial charge in [-0.1, -0.05) is 18.9 Å². The number of nitrogens with one attached hydrogen (secondary N) is 1. The summed E-state index contributed by atoms with van der Waals surface area (Å²) in [6.45, 7) is 1.37. The molecule has 10 nitrogen and oxygen atoms in total. The number of benzene rings is 1. The van der Waals surface area contributed by atoms with Gasteiger partial charge in [0.2, 0.25) is 0 Å². The predicted octanol–water partition coefficient (Wildman–Crippen LogP) is 3.46. The highest BCUT2D eigenvalue weighted by Crippen LogP contribution is 2.37. The number of primary amides is 1. The summed E-state index contributed by atoms with van der Waals surface area (Å²) in [6.07, 6.45) is 10.2. The number of fused-ring (bicyclic) bond motifs is 1. The van der Waals surface area contributed by atoms with Gasteiger partial charge in [-0.05, 0) is 36.5 Å². The van der Waals surface area contributed by atoms with Crippen LogP contribution in [0.1, 0.15) is 59.3 Å². The maximum Gasteiger partial charge on any atom is 0.298 e. The Morgan fingerprint density at radius 3 is 2.71 bits per heavy atom. The van der Waals surface area contributed by atoms with Crippen LogP contribution in [-0.4, -0.2) is 43.7 Å². The third kappa shape index (κ3) is 3.74. The number of aryl methyl sites for hydroxylation is 1. The molecule has 34 heavy (non-hydrogen) atoms. The number of aromatic nitrogens is 5. The van der Waals surface area contributed by atoms with Gasteiger partial charge in [0, 0.05) is 32.3 Å². The Balaban J connectivity index is 1.17. The molecule has 4 aromatic rings. The summed E-state index contributed by atoms with van der Waals surface area (Å²) in [5, 5.41) is 7.16. The number of oxazole rings is 1. The van der Waals surface area contributed by atoms with Gasteiger partial charge in [-0.3, -0.25) is 9.48 Å². The molecule has 174 valence electrons. The summed E-state index contributed by atoms with van der Waals surface area (Å²) in [5.74, 6) is 0.438. The average molecular weight is 459 g/mol. The summed E-state index contributed by atoms with van der Waals surface area (Å²) in [5.41, 5.74) is 10.2. The van der Waals surface area contributed by atoms with Crippen LogP contribution in [0.5, 0.6) is 0 Å². The van der Waals surface area contributed by atoms with Crippen molar-refractivity contribution in [2.24, 2.45) is 12.8 Å². The average Bonchev–Trinajstić information content (AvgIpc) is 3.54. The minimum absolute atomic E-state index is 0.112. The van der Waals surface area contributed by atoms with Crippen LogP contribution >= 0.6 is 0 Å².